The zero-order chi connectivity index (χ0) is 11.4. The number of rotatable bonds is 4. The van der Waals surface area contributed by atoms with Crippen molar-refractivity contribution in [2.45, 2.75) is 25.9 Å². The minimum absolute atomic E-state index is 0.124. The molecule has 0 radical (unpaired) electrons. The molecule has 15 heavy (non-hydrogen) atoms. The molecular formula is C11H14F2O2. The van der Waals surface area contributed by atoms with E-state index in [1.165, 1.54) is 13.2 Å². The van der Waals surface area contributed by atoms with E-state index in [1.807, 2.05) is 0 Å². The lowest BCUT2D eigenvalue weighted by Gasteiger charge is -2.14. The number of methoxy groups -OCH3 is 1. The summed E-state index contributed by atoms with van der Waals surface area (Å²) >= 11 is 0. The van der Waals surface area contributed by atoms with Gasteiger partial charge >= 0.3 is 0 Å². The maximum atomic E-state index is 12.8. The first-order valence-corrected chi connectivity index (χ1v) is 4.68. The second-order valence-corrected chi connectivity index (χ2v) is 3.39. The summed E-state index contributed by atoms with van der Waals surface area (Å²) in [4.78, 5) is 0. The third-order valence-corrected chi connectivity index (χ3v) is 2.11. The zero-order valence-electron chi connectivity index (χ0n) is 8.71. The molecular weight excluding hydrogens is 202 g/mol. The molecule has 1 N–H and O–H groups in total. The van der Waals surface area contributed by atoms with Gasteiger partial charge in [-0.1, -0.05) is 12.1 Å². The summed E-state index contributed by atoms with van der Waals surface area (Å²) in [6.45, 7) is 1.56. The zero-order valence-corrected chi connectivity index (χ0v) is 8.71. The van der Waals surface area contributed by atoms with Crippen LogP contribution in [0.5, 0.6) is 5.75 Å². The average Bonchev–Trinajstić information content (AvgIpc) is 2.15. The van der Waals surface area contributed by atoms with Crippen LogP contribution in [0.2, 0.25) is 0 Å². The summed E-state index contributed by atoms with van der Waals surface area (Å²) < 4.78 is 30.4. The number of hydrogen-bond acceptors (Lipinski definition) is 2. The fourth-order valence-corrected chi connectivity index (χ4v) is 1.51. The molecule has 0 saturated carbocycles. The second-order valence-electron chi connectivity index (χ2n) is 3.39. The number of benzene rings is 1. The molecule has 0 amide bonds. The van der Waals surface area contributed by atoms with Gasteiger partial charge in [-0.05, 0) is 25.0 Å². The molecule has 1 aromatic rings. The highest BCUT2D eigenvalue weighted by Gasteiger charge is 2.19. The van der Waals surface area contributed by atoms with Gasteiger partial charge < -0.3 is 9.84 Å². The van der Waals surface area contributed by atoms with Gasteiger partial charge in [-0.3, -0.25) is 0 Å². The van der Waals surface area contributed by atoms with Crippen LogP contribution in [0.1, 0.15) is 24.5 Å². The van der Waals surface area contributed by atoms with Crippen LogP contribution in [-0.4, -0.2) is 18.3 Å². The highest BCUT2D eigenvalue weighted by molar-refractivity contribution is 5.41. The predicted molar refractivity (Wildman–Crippen MR) is 53.3 cm³/mol. The van der Waals surface area contributed by atoms with Crippen molar-refractivity contribution in [1.29, 1.82) is 0 Å². The van der Waals surface area contributed by atoms with E-state index in [-0.39, 0.29) is 17.7 Å². The number of aliphatic hydroxyl groups is 1. The van der Waals surface area contributed by atoms with Crippen LogP contribution in [0.4, 0.5) is 8.78 Å². The van der Waals surface area contributed by atoms with E-state index in [2.05, 4.69) is 0 Å². The Kier molecular flexibility index (Phi) is 4.03. The normalized spacial score (nSPS) is 12.9. The molecule has 1 aromatic carbocycles. The summed E-state index contributed by atoms with van der Waals surface area (Å²) in [5.41, 5.74) is 0.306. The maximum absolute atomic E-state index is 12.8. The van der Waals surface area contributed by atoms with E-state index in [4.69, 9.17) is 4.74 Å². The maximum Gasteiger partial charge on any atom is 0.267 e. The molecule has 1 unspecified atom stereocenters. The molecule has 84 valence electrons. The highest BCUT2D eigenvalue weighted by atomic mass is 19.3. The van der Waals surface area contributed by atoms with Crippen molar-refractivity contribution >= 4 is 0 Å². The molecule has 0 fully saturated rings. The van der Waals surface area contributed by atoms with Crippen LogP contribution in [-0.2, 0) is 6.42 Å². The molecule has 0 spiro atoms. The number of aliphatic hydroxyl groups excluding tert-OH is 1. The van der Waals surface area contributed by atoms with E-state index >= 15 is 0 Å². The van der Waals surface area contributed by atoms with Crippen molar-refractivity contribution in [3.63, 3.8) is 0 Å². The topological polar surface area (TPSA) is 29.5 Å². The number of ether oxygens (including phenoxy) is 1. The Morgan fingerprint density at radius 2 is 2.07 bits per heavy atom. The molecule has 0 aliphatic rings. The predicted octanol–water partition coefficient (Wildman–Crippen LogP) is 2.56. The van der Waals surface area contributed by atoms with Crippen LogP contribution >= 0.6 is 0 Å². The monoisotopic (exact) mass is 216 g/mol. The molecule has 0 heterocycles. The van der Waals surface area contributed by atoms with Crippen LogP contribution in [0.3, 0.4) is 0 Å². The summed E-state index contributed by atoms with van der Waals surface area (Å²) in [5.74, 6) is 0.170. The van der Waals surface area contributed by atoms with Crippen LogP contribution in [0, 0.1) is 0 Å². The van der Waals surface area contributed by atoms with Crippen molar-refractivity contribution in [3.05, 3.63) is 29.3 Å². The number of halogens is 2. The van der Waals surface area contributed by atoms with Crippen molar-refractivity contribution < 1.29 is 18.6 Å². The largest absolute Gasteiger partial charge is 0.496 e. The first kappa shape index (κ1) is 11.9. The Labute approximate surface area is 87.5 Å². The van der Waals surface area contributed by atoms with Gasteiger partial charge in [0.2, 0.25) is 0 Å². The fraction of sp³-hybridized carbons (Fsp3) is 0.455. The second kappa shape index (κ2) is 5.07. The quantitative estimate of drug-likeness (QED) is 0.838. The van der Waals surface area contributed by atoms with E-state index in [1.54, 1.807) is 19.1 Å². The number of alkyl halides is 2. The van der Waals surface area contributed by atoms with E-state index in [0.717, 1.165) is 0 Å². The van der Waals surface area contributed by atoms with Gasteiger partial charge in [0, 0.05) is 0 Å². The summed E-state index contributed by atoms with van der Waals surface area (Å²) in [6.07, 6.45) is -3.03. The molecule has 4 heteroatoms. The van der Waals surface area contributed by atoms with Gasteiger partial charge in [-0.15, -0.1) is 0 Å². The molecule has 1 atom stereocenters. The third kappa shape index (κ3) is 2.89. The molecule has 0 aliphatic carbocycles. The summed E-state index contributed by atoms with van der Waals surface area (Å²) in [7, 11) is 1.35. The fourth-order valence-electron chi connectivity index (χ4n) is 1.51. The van der Waals surface area contributed by atoms with Gasteiger partial charge in [-0.2, -0.15) is 0 Å². The van der Waals surface area contributed by atoms with Gasteiger partial charge in [0.1, 0.15) is 5.75 Å². The first-order valence-electron chi connectivity index (χ1n) is 4.68. The van der Waals surface area contributed by atoms with Crippen LogP contribution < -0.4 is 4.74 Å². The lowest BCUT2D eigenvalue weighted by Crippen LogP contribution is -2.08. The molecule has 0 aliphatic heterocycles. The third-order valence-electron chi connectivity index (χ3n) is 2.11. The minimum atomic E-state index is -2.59. The minimum Gasteiger partial charge on any atom is -0.496 e. The standard InChI is InChI=1S/C11H14F2O2/c1-7(14)6-8-4-3-5-9(15-2)10(8)11(12)13/h3-5,7,11,14H,6H2,1-2H3. The van der Waals surface area contributed by atoms with Gasteiger partial charge in [0.15, 0.2) is 0 Å². The Morgan fingerprint density at radius 1 is 1.40 bits per heavy atom. The van der Waals surface area contributed by atoms with Gasteiger partial charge in [0.25, 0.3) is 6.43 Å². The van der Waals surface area contributed by atoms with Crippen LogP contribution in [0.15, 0.2) is 18.2 Å². The van der Waals surface area contributed by atoms with Crippen molar-refractivity contribution in [2.75, 3.05) is 7.11 Å². The van der Waals surface area contributed by atoms with Gasteiger partial charge in [-0.25, -0.2) is 8.78 Å². The van der Waals surface area contributed by atoms with Crippen molar-refractivity contribution in [2.24, 2.45) is 0 Å². The Bertz CT molecular complexity index is 324. The molecule has 0 aromatic heterocycles. The van der Waals surface area contributed by atoms with Gasteiger partial charge in [0.05, 0.1) is 18.8 Å². The molecule has 1 rings (SSSR count). The van der Waals surface area contributed by atoms with E-state index in [0.29, 0.717) is 5.56 Å². The highest BCUT2D eigenvalue weighted by Crippen LogP contribution is 2.32. The number of hydrogen-bond donors (Lipinski definition) is 1. The van der Waals surface area contributed by atoms with Crippen molar-refractivity contribution in [1.82, 2.24) is 0 Å². The Hall–Kier alpha value is -1.16. The van der Waals surface area contributed by atoms with Crippen LogP contribution in [0.25, 0.3) is 0 Å². The molecule has 0 bridgehead atoms. The van der Waals surface area contributed by atoms with Crippen molar-refractivity contribution in [3.8, 4) is 5.75 Å². The molecule has 2 nitrogen and oxygen atoms in total. The average molecular weight is 216 g/mol. The lowest BCUT2D eigenvalue weighted by molar-refractivity contribution is 0.143. The summed E-state index contributed by atoms with van der Waals surface area (Å²) in [6, 6.07) is 4.71. The first-order chi connectivity index (χ1) is 7.06. The summed E-state index contributed by atoms with van der Waals surface area (Å²) in [5, 5.41) is 9.19. The Morgan fingerprint density at radius 3 is 2.53 bits per heavy atom. The van der Waals surface area contributed by atoms with E-state index < -0.39 is 12.5 Å². The lowest BCUT2D eigenvalue weighted by atomic mass is 10.0. The smallest absolute Gasteiger partial charge is 0.267 e. The van der Waals surface area contributed by atoms with E-state index in [9.17, 15) is 13.9 Å². The Balaban J connectivity index is 3.13. The SMILES string of the molecule is COc1cccc(CC(C)O)c1C(F)F. The molecule has 0 saturated heterocycles.